The number of nitrogens with zero attached hydrogens (tertiary/aromatic N) is 2. The molecule has 0 atom stereocenters. The number of benzene rings is 2. The lowest BCUT2D eigenvalue weighted by Gasteiger charge is -2.15. The van der Waals surface area contributed by atoms with E-state index in [0.717, 1.165) is 18.2 Å². The highest BCUT2D eigenvalue weighted by Gasteiger charge is 2.30. The first-order chi connectivity index (χ1) is 19.2. The van der Waals surface area contributed by atoms with Gasteiger partial charge in [0.25, 0.3) is 5.91 Å². The molecule has 0 saturated heterocycles. The number of halogens is 5. The second-order valence-corrected chi connectivity index (χ2v) is 10.1. The van der Waals surface area contributed by atoms with Crippen LogP contribution in [0, 0.1) is 28.4 Å². The fourth-order valence-corrected chi connectivity index (χ4v) is 4.35. The van der Waals surface area contributed by atoms with Gasteiger partial charge in [0, 0.05) is 42.1 Å². The van der Waals surface area contributed by atoms with Crippen molar-refractivity contribution < 1.29 is 36.0 Å². The summed E-state index contributed by atoms with van der Waals surface area (Å²) in [5.74, 6) is -2.46. The van der Waals surface area contributed by atoms with Crippen molar-refractivity contribution in [2.75, 3.05) is 7.05 Å². The monoisotopic (exact) mass is 569 g/mol. The molecule has 2 aromatic carbocycles. The van der Waals surface area contributed by atoms with Crippen LogP contribution < -0.4 is 5.32 Å². The minimum Gasteiger partial charge on any atom is -0.437 e. The summed E-state index contributed by atoms with van der Waals surface area (Å²) in [7, 11) is 1.36. The van der Waals surface area contributed by atoms with E-state index in [4.69, 9.17) is 4.42 Å². The molecule has 0 spiro atoms. The molecule has 0 aliphatic heterocycles. The van der Waals surface area contributed by atoms with E-state index in [0.29, 0.717) is 5.56 Å². The summed E-state index contributed by atoms with van der Waals surface area (Å²) >= 11 is 0. The van der Waals surface area contributed by atoms with Gasteiger partial charge in [0.1, 0.15) is 17.4 Å². The van der Waals surface area contributed by atoms with Gasteiger partial charge in [-0.1, -0.05) is 0 Å². The second kappa shape index (κ2) is 11.1. The molecule has 6 nitrogen and oxygen atoms in total. The molecule has 0 saturated carbocycles. The van der Waals surface area contributed by atoms with E-state index in [1.165, 1.54) is 37.4 Å². The number of ketones is 1. The number of aryl methyl sites for hydroxylation is 1. The van der Waals surface area contributed by atoms with Crippen LogP contribution in [0.1, 0.15) is 53.1 Å². The maximum Gasteiger partial charge on any atom is 0.389 e. The lowest BCUT2D eigenvalue weighted by atomic mass is 9.86. The Morgan fingerprint density at radius 1 is 1.02 bits per heavy atom. The number of furan rings is 1. The standard InChI is InChI=1S/C30H24F5N3O3/c1-29(2,15-36)14-24(39)17-6-9-22(32)19(12-17)20-13-21-25(27(40)37-3)26(16-4-7-18(31)8-5-16)41-28(21)38-23(20)10-11-30(33,34)35/h4-9,12-13H,10-11,14H2,1-3H3,(H,37,40). The Morgan fingerprint density at radius 3 is 2.32 bits per heavy atom. The van der Waals surface area contributed by atoms with E-state index in [1.54, 1.807) is 13.8 Å². The molecule has 4 aromatic rings. The first-order valence-electron chi connectivity index (χ1n) is 12.5. The summed E-state index contributed by atoms with van der Waals surface area (Å²) in [6, 6.07) is 11.8. The Kier molecular flexibility index (Phi) is 7.97. The van der Waals surface area contributed by atoms with Gasteiger partial charge in [0.15, 0.2) is 5.78 Å². The number of alkyl halides is 3. The van der Waals surface area contributed by atoms with E-state index in [2.05, 4.69) is 10.3 Å². The van der Waals surface area contributed by atoms with Gasteiger partial charge in [-0.2, -0.15) is 18.4 Å². The van der Waals surface area contributed by atoms with Crippen LogP contribution in [0.25, 0.3) is 33.6 Å². The molecule has 11 heteroatoms. The van der Waals surface area contributed by atoms with Gasteiger partial charge in [-0.25, -0.2) is 13.8 Å². The number of aromatic nitrogens is 1. The lowest BCUT2D eigenvalue weighted by Crippen LogP contribution is -2.18. The van der Waals surface area contributed by atoms with Gasteiger partial charge in [-0.3, -0.25) is 9.59 Å². The maximum absolute atomic E-state index is 15.3. The largest absolute Gasteiger partial charge is 0.437 e. The molecule has 0 fully saturated rings. The highest BCUT2D eigenvalue weighted by molar-refractivity contribution is 6.11. The van der Waals surface area contributed by atoms with Crippen LogP contribution in [0.5, 0.6) is 0 Å². The molecule has 0 bridgehead atoms. The summed E-state index contributed by atoms with van der Waals surface area (Å²) in [6.07, 6.45) is -6.64. The lowest BCUT2D eigenvalue weighted by molar-refractivity contribution is -0.134. The summed E-state index contributed by atoms with van der Waals surface area (Å²) in [6.45, 7) is 3.14. The molecule has 1 N–H and O–H groups in total. The minimum absolute atomic E-state index is 0.00564. The van der Waals surface area contributed by atoms with E-state index < -0.39 is 47.8 Å². The van der Waals surface area contributed by atoms with Gasteiger partial charge in [-0.15, -0.1) is 0 Å². The zero-order valence-corrected chi connectivity index (χ0v) is 22.2. The van der Waals surface area contributed by atoms with Crippen molar-refractivity contribution in [1.29, 1.82) is 5.26 Å². The fourth-order valence-electron chi connectivity index (χ4n) is 4.35. The molecular weight excluding hydrogens is 545 g/mol. The number of hydrogen-bond acceptors (Lipinski definition) is 5. The van der Waals surface area contributed by atoms with Gasteiger partial charge in [0.05, 0.1) is 28.1 Å². The van der Waals surface area contributed by atoms with E-state index in [-0.39, 0.29) is 51.2 Å². The van der Waals surface area contributed by atoms with Crippen molar-refractivity contribution >= 4 is 22.8 Å². The van der Waals surface area contributed by atoms with E-state index in [1.807, 2.05) is 6.07 Å². The van der Waals surface area contributed by atoms with E-state index in [9.17, 15) is 32.4 Å². The zero-order chi connectivity index (χ0) is 30.1. The molecule has 41 heavy (non-hydrogen) atoms. The van der Waals surface area contributed by atoms with Crippen LogP contribution in [0.15, 0.2) is 52.9 Å². The predicted octanol–water partition coefficient (Wildman–Crippen LogP) is 7.42. The normalized spacial score (nSPS) is 11.9. The number of rotatable bonds is 8. The Hall–Kier alpha value is -4.59. The Morgan fingerprint density at radius 2 is 1.71 bits per heavy atom. The van der Waals surface area contributed by atoms with Crippen molar-refractivity contribution in [3.8, 4) is 28.5 Å². The molecule has 1 amide bonds. The highest BCUT2D eigenvalue weighted by Crippen LogP contribution is 2.38. The molecule has 0 aliphatic rings. The molecule has 0 unspecified atom stereocenters. The smallest absolute Gasteiger partial charge is 0.389 e. The number of fused-ring (bicyclic) bond motifs is 1. The number of hydrogen-bond donors (Lipinski definition) is 1. The van der Waals surface area contributed by atoms with Crippen molar-refractivity contribution in [3.05, 3.63) is 77.0 Å². The van der Waals surface area contributed by atoms with Crippen LogP contribution in [0.2, 0.25) is 0 Å². The third-order valence-corrected chi connectivity index (χ3v) is 6.45. The van der Waals surface area contributed by atoms with Crippen LogP contribution >= 0.6 is 0 Å². The first-order valence-corrected chi connectivity index (χ1v) is 12.5. The number of carbonyl (C=O) groups is 2. The summed E-state index contributed by atoms with van der Waals surface area (Å²) in [5, 5.41) is 11.8. The quantitative estimate of drug-likeness (QED) is 0.176. The first kappa shape index (κ1) is 29.4. The molecule has 4 rings (SSSR count). The van der Waals surface area contributed by atoms with Crippen LogP contribution in [-0.4, -0.2) is 29.9 Å². The van der Waals surface area contributed by atoms with Crippen molar-refractivity contribution in [3.63, 3.8) is 0 Å². The summed E-state index contributed by atoms with van der Waals surface area (Å²) in [5.41, 5.74) is -1.29. The van der Waals surface area contributed by atoms with Crippen molar-refractivity contribution in [2.45, 2.75) is 39.3 Å². The molecule has 2 heterocycles. The number of carbonyl (C=O) groups excluding carboxylic acids is 2. The molecule has 2 aromatic heterocycles. The third kappa shape index (κ3) is 6.43. The van der Waals surface area contributed by atoms with Crippen LogP contribution in [0.4, 0.5) is 22.0 Å². The number of nitriles is 1. The maximum atomic E-state index is 15.3. The Bertz CT molecular complexity index is 1680. The summed E-state index contributed by atoms with van der Waals surface area (Å²) < 4.78 is 74.3. The molecule has 212 valence electrons. The van der Waals surface area contributed by atoms with Crippen molar-refractivity contribution in [2.24, 2.45) is 5.41 Å². The Balaban J connectivity index is 1.97. The van der Waals surface area contributed by atoms with Crippen molar-refractivity contribution in [1.82, 2.24) is 10.3 Å². The average molecular weight is 570 g/mol. The SMILES string of the molecule is CNC(=O)c1c(-c2ccc(F)cc2)oc2nc(CCC(F)(F)F)c(-c3cc(C(=O)CC(C)(C)C#N)ccc3F)cc12. The molecule has 0 aliphatic carbocycles. The number of pyridine rings is 1. The van der Waals surface area contributed by atoms with Gasteiger partial charge >= 0.3 is 6.18 Å². The van der Waals surface area contributed by atoms with E-state index >= 15 is 4.39 Å². The second-order valence-electron chi connectivity index (χ2n) is 10.1. The number of Topliss-reactive ketones (excluding diaryl/α,β-unsaturated/α-hetero) is 1. The predicted molar refractivity (Wildman–Crippen MR) is 141 cm³/mol. The topological polar surface area (TPSA) is 96.0 Å². The van der Waals surface area contributed by atoms with Crippen LogP contribution in [-0.2, 0) is 6.42 Å². The average Bonchev–Trinajstić information content (AvgIpc) is 3.29. The summed E-state index contributed by atoms with van der Waals surface area (Å²) in [4.78, 5) is 30.1. The van der Waals surface area contributed by atoms with Gasteiger partial charge < -0.3 is 9.73 Å². The van der Waals surface area contributed by atoms with Gasteiger partial charge in [0.2, 0.25) is 5.71 Å². The molecule has 0 radical (unpaired) electrons. The zero-order valence-electron chi connectivity index (χ0n) is 22.2. The third-order valence-electron chi connectivity index (χ3n) is 6.45. The molecular formula is C30H24F5N3O3. The van der Waals surface area contributed by atoms with Crippen LogP contribution in [0.3, 0.4) is 0 Å². The Labute approximate surface area is 231 Å². The van der Waals surface area contributed by atoms with Gasteiger partial charge in [-0.05, 0) is 68.8 Å². The number of amides is 1. The fraction of sp³-hybridized carbons (Fsp3) is 0.267. The minimum atomic E-state index is -4.55. The number of nitrogens with one attached hydrogen (secondary N) is 1. The highest BCUT2D eigenvalue weighted by atomic mass is 19.4.